The minimum absolute atomic E-state index is 0.204. The van der Waals surface area contributed by atoms with Crippen molar-refractivity contribution < 1.29 is 14.6 Å². The summed E-state index contributed by atoms with van der Waals surface area (Å²) in [7, 11) is 0. The van der Waals surface area contributed by atoms with Crippen LogP contribution in [0.2, 0.25) is 0 Å². The summed E-state index contributed by atoms with van der Waals surface area (Å²) in [6.45, 7) is 7.48. The van der Waals surface area contributed by atoms with Crippen LogP contribution in [0.4, 0.5) is 4.79 Å². The van der Waals surface area contributed by atoms with Crippen molar-refractivity contribution in [3.05, 3.63) is 0 Å². The molecule has 1 aliphatic heterocycles. The minimum Gasteiger partial charge on any atom is -0.444 e. The molecule has 2 rings (SSSR count). The van der Waals surface area contributed by atoms with E-state index in [0.29, 0.717) is 17.8 Å². The number of aliphatic hydroxyl groups excluding tert-OH is 1. The molecule has 4 nitrogen and oxygen atoms in total. The number of rotatable bonds is 3. The molecule has 0 aromatic heterocycles. The molecule has 2 unspecified atom stereocenters. The Balaban J connectivity index is 1.91. The number of hydrogen-bond acceptors (Lipinski definition) is 3. The molecule has 110 valence electrons. The summed E-state index contributed by atoms with van der Waals surface area (Å²) in [5.41, 5.74) is -0.434. The highest BCUT2D eigenvalue weighted by Crippen LogP contribution is 2.42. The van der Waals surface area contributed by atoms with E-state index in [1.807, 2.05) is 25.7 Å². The van der Waals surface area contributed by atoms with Crippen molar-refractivity contribution in [3.8, 4) is 0 Å². The van der Waals surface area contributed by atoms with E-state index in [0.717, 1.165) is 25.9 Å². The number of ether oxygens (including phenoxy) is 1. The second kappa shape index (κ2) is 5.70. The van der Waals surface area contributed by atoms with Gasteiger partial charge in [-0.15, -0.1) is 0 Å². The second-order valence-electron chi connectivity index (χ2n) is 7.01. The van der Waals surface area contributed by atoms with Gasteiger partial charge in [0.1, 0.15) is 5.60 Å². The SMILES string of the molecule is CC(C)(C)OC(=O)N1CCCC(C(CO)C2CC2)C1. The first-order valence-corrected chi connectivity index (χ1v) is 7.49. The number of likely N-dealkylation sites (tertiary alicyclic amines) is 1. The highest BCUT2D eigenvalue weighted by atomic mass is 16.6. The van der Waals surface area contributed by atoms with E-state index in [-0.39, 0.29) is 12.7 Å². The second-order valence-corrected chi connectivity index (χ2v) is 7.01. The number of carbonyl (C=O) groups is 1. The van der Waals surface area contributed by atoms with Crippen molar-refractivity contribution in [1.82, 2.24) is 4.90 Å². The van der Waals surface area contributed by atoms with Crippen LogP contribution in [0.15, 0.2) is 0 Å². The van der Waals surface area contributed by atoms with Crippen molar-refractivity contribution in [3.63, 3.8) is 0 Å². The predicted molar refractivity (Wildman–Crippen MR) is 73.8 cm³/mol. The molecule has 0 bridgehead atoms. The Hall–Kier alpha value is -0.770. The molecule has 1 aliphatic carbocycles. The van der Waals surface area contributed by atoms with Gasteiger partial charge < -0.3 is 14.7 Å². The quantitative estimate of drug-likeness (QED) is 0.857. The van der Waals surface area contributed by atoms with Crippen molar-refractivity contribution in [2.75, 3.05) is 19.7 Å². The van der Waals surface area contributed by atoms with Gasteiger partial charge in [-0.05, 0) is 64.2 Å². The normalized spacial score (nSPS) is 26.1. The summed E-state index contributed by atoms with van der Waals surface area (Å²) >= 11 is 0. The molecular weight excluding hydrogens is 242 g/mol. The summed E-state index contributed by atoms with van der Waals surface area (Å²) in [6, 6.07) is 0. The Morgan fingerprint density at radius 2 is 2.00 bits per heavy atom. The standard InChI is InChI=1S/C15H27NO3/c1-15(2,3)19-14(18)16-8-4-5-12(9-16)13(10-17)11-6-7-11/h11-13,17H,4-10H2,1-3H3. The van der Waals surface area contributed by atoms with E-state index in [2.05, 4.69) is 0 Å². The van der Waals surface area contributed by atoms with Crippen LogP contribution in [0.5, 0.6) is 0 Å². The number of carbonyl (C=O) groups excluding carboxylic acids is 1. The zero-order valence-corrected chi connectivity index (χ0v) is 12.4. The lowest BCUT2D eigenvalue weighted by Crippen LogP contribution is -2.45. The van der Waals surface area contributed by atoms with Crippen LogP contribution >= 0.6 is 0 Å². The molecule has 1 heterocycles. The lowest BCUT2D eigenvalue weighted by molar-refractivity contribution is 0.00859. The first-order valence-electron chi connectivity index (χ1n) is 7.49. The largest absolute Gasteiger partial charge is 0.444 e. The number of piperidine rings is 1. The van der Waals surface area contributed by atoms with Crippen molar-refractivity contribution in [1.29, 1.82) is 0 Å². The molecular formula is C15H27NO3. The highest BCUT2D eigenvalue weighted by molar-refractivity contribution is 5.68. The van der Waals surface area contributed by atoms with Crippen LogP contribution in [-0.4, -0.2) is 41.4 Å². The maximum atomic E-state index is 12.1. The first-order chi connectivity index (χ1) is 8.90. The maximum Gasteiger partial charge on any atom is 0.410 e. The van der Waals surface area contributed by atoms with Gasteiger partial charge >= 0.3 is 6.09 Å². The molecule has 2 atom stereocenters. The van der Waals surface area contributed by atoms with E-state index in [1.165, 1.54) is 12.8 Å². The monoisotopic (exact) mass is 269 g/mol. The van der Waals surface area contributed by atoms with Gasteiger partial charge in [0.05, 0.1) is 0 Å². The van der Waals surface area contributed by atoms with Gasteiger partial charge in [0.25, 0.3) is 0 Å². The van der Waals surface area contributed by atoms with Crippen LogP contribution < -0.4 is 0 Å². The van der Waals surface area contributed by atoms with Gasteiger partial charge in [-0.2, -0.15) is 0 Å². The van der Waals surface area contributed by atoms with E-state index < -0.39 is 5.60 Å². The fourth-order valence-corrected chi connectivity index (χ4v) is 3.06. The van der Waals surface area contributed by atoms with Gasteiger partial charge in [-0.25, -0.2) is 4.79 Å². The third-order valence-corrected chi connectivity index (χ3v) is 4.15. The molecule has 0 radical (unpaired) electrons. The maximum absolute atomic E-state index is 12.1. The van der Waals surface area contributed by atoms with Crippen LogP contribution in [0.3, 0.4) is 0 Å². The molecule has 1 saturated carbocycles. The molecule has 0 spiro atoms. The zero-order valence-electron chi connectivity index (χ0n) is 12.4. The topological polar surface area (TPSA) is 49.8 Å². The Bertz CT molecular complexity index is 320. The van der Waals surface area contributed by atoms with Crippen molar-refractivity contribution in [2.24, 2.45) is 17.8 Å². The summed E-state index contributed by atoms with van der Waals surface area (Å²) in [5, 5.41) is 9.57. The summed E-state index contributed by atoms with van der Waals surface area (Å²) in [5.74, 6) is 1.51. The molecule has 1 N–H and O–H groups in total. The van der Waals surface area contributed by atoms with Gasteiger partial charge in [0.15, 0.2) is 0 Å². The minimum atomic E-state index is -0.434. The van der Waals surface area contributed by atoms with Crippen molar-refractivity contribution in [2.45, 2.75) is 52.1 Å². The molecule has 2 aliphatic rings. The highest BCUT2D eigenvalue weighted by Gasteiger charge is 2.39. The van der Waals surface area contributed by atoms with Gasteiger partial charge in [0.2, 0.25) is 0 Å². The molecule has 1 saturated heterocycles. The number of aliphatic hydroxyl groups is 1. The fourth-order valence-electron chi connectivity index (χ4n) is 3.06. The lowest BCUT2D eigenvalue weighted by atomic mass is 9.83. The van der Waals surface area contributed by atoms with E-state index in [4.69, 9.17) is 4.74 Å². The number of amides is 1. The Kier molecular flexibility index (Phi) is 4.39. The van der Waals surface area contributed by atoms with E-state index in [1.54, 1.807) is 0 Å². The van der Waals surface area contributed by atoms with Crippen LogP contribution in [-0.2, 0) is 4.74 Å². The molecule has 0 aromatic rings. The Morgan fingerprint density at radius 1 is 1.32 bits per heavy atom. The third kappa shape index (κ3) is 4.10. The third-order valence-electron chi connectivity index (χ3n) is 4.15. The molecule has 4 heteroatoms. The average molecular weight is 269 g/mol. The summed E-state index contributed by atoms with van der Waals surface area (Å²) in [6.07, 6.45) is 4.43. The molecule has 2 fully saturated rings. The Morgan fingerprint density at radius 3 is 2.53 bits per heavy atom. The average Bonchev–Trinajstić information content (AvgIpc) is 3.13. The van der Waals surface area contributed by atoms with Gasteiger partial charge in [-0.1, -0.05) is 0 Å². The molecule has 1 amide bonds. The first kappa shape index (κ1) is 14.6. The van der Waals surface area contributed by atoms with Crippen LogP contribution in [0, 0.1) is 17.8 Å². The Labute approximate surface area is 116 Å². The zero-order chi connectivity index (χ0) is 14.0. The van der Waals surface area contributed by atoms with Crippen LogP contribution in [0.1, 0.15) is 46.5 Å². The van der Waals surface area contributed by atoms with Gasteiger partial charge in [-0.3, -0.25) is 0 Å². The van der Waals surface area contributed by atoms with Crippen LogP contribution in [0.25, 0.3) is 0 Å². The smallest absolute Gasteiger partial charge is 0.410 e. The van der Waals surface area contributed by atoms with Crippen molar-refractivity contribution >= 4 is 6.09 Å². The van der Waals surface area contributed by atoms with E-state index in [9.17, 15) is 9.90 Å². The summed E-state index contributed by atoms with van der Waals surface area (Å²) in [4.78, 5) is 13.9. The lowest BCUT2D eigenvalue weighted by Gasteiger charge is -2.37. The number of hydrogen-bond donors (Lipinski definition) is 1. The molecule has 0 aromatic carbocycles. The molecule has 19 heavy (non-hydrogen) atoms. The summed E-state index contributed by atoms with van der Waals surface area (Å²) < 4.78 is 5.44. The number of nitrogens with zero attached hydrogens (tertiary/aromatic N) is 1. The predicted octanol–water partition coefficient (Wildman–Crippen LogP) is 2.65. The fraction of sp³-hybridized carbons (Fsp3) is 0.933. The van der Waals surface area contributed by atoms with Gasteiger partial charge in [0, 0.05) is 19.7 Å². The van der Waals surface area contributed by atoms with E-state index >= 15 is 0 Å².